The zero-order valence-electron chi connectivity index (χ0n) is 11.1. The Morgan fingerprint density at radius 1 is 1.29 bits per heavy atom. The van der Waals surface area contributed by atoms with Crippen LogP contribution in [0.25, 0.3) is 0 Å². The molecule has 0 bridgehead atoms. The largest absolute Gasteiger partial charge is 0.307 e. The summed E-state index contributed by atoms with van der Waals surface area (Å²) < 4.78 is 0. The van der Waals surface area contributed by atoms with E-state index in [1.54, 1.807) is 0 Å². The molecule has 1 aliphatic heterocycles. The van der Waals surface area contributed by atoms with Crippen molar-refractivity contribution in [1.29, 1.82) is 0 Å². The summed E-state index contributed by atoms with van der Waals surface area (Å²) in [6.07, 6.45) is 2.57. The maximum Gasteiger partial charge on any atom is 0.0388 e. The fourth-order valence-corrected chi connectivity index (χ4v) is 3.30. The molecule has 0 saturated carbocycles. The number of thiophene rings is 1. The summed E-state index contributed by atoms with van der Waals surface area (Å²) in [4.78, 5) is 4.03. The van der Waals surface area contributed by atoms with Crippen LogP contribution in [0.5, 0.6) is 0 Å². The van der Waals surface area contributed by atoms with Gasteiger partial charge in [0.25, 0.3) is 0 Å². The van der Waals surface area contributed by atoms with Gasteiger partial charge in [-0.05, 0) is 58.1 Å². The Bertz CT molecular complexity index is 313. The van der Waals surface area contributed by atoms with Gasteiger partial charge in [0.1, 0.15) is 0 Å². The molecule has 2 rings (SSSR count). The molecule has 3 heteroatoms. The molecule has 1 fully saturated rings. The van der Waals surface area contributed by atoms with Crippen LogP contribution in [0.1, 0.15) is 44.5 Å². The topological polar surface area (TPSA) is 15.3 Å². The summed E-state index contributed by atoms with van der Waals surface area (Å²) in [6, 6.07) is 6.27. The van der Waals surface area contributed by atoms with Crippen molar-refractivity contribution in [2.24, 2.45) is 0 Å². The van der Waals surface area contributed by atoms with Crippen LogP contribution < -0.4 is 5.32 Å². The third-order valence-corrected chi connectivity index (χ3v) is 4.77. The van der Waals surface area contributed by atoms with Gasteiger partial charge >= 0.3 is 0 Å². The molecule has 0 spiro atoms. The molecule has 17 heavy (non-hydrogen) atoms. The Balaban J connectivity index is 1.78. The molecule has 1 aromatic heterocycles. The van der Waals surface area contributed by atoms with Crippen molar-refractivity contribution >= 4 is 11.3 Å². The van der Waals surface area contributed by atoms with E-state index in [-0.39, 0.29) is 0 Å². The quantitative estimate of drug-likeness (QED) is 0.885. The molecule has 1 aliphatic rings. The number of likely N-dealkylation sites (tertiary alicyclic amines) is 1. The highest BCUT2D eigenvalue weighted by molar-refractivity contribution is 7.10. The van der Waals surface area contributed by atoms with Crippen LogP contribution in [0, 0.1) is 0 Å². The fraction of sp³-hybridized carbons (Fsp3) is 0.714. The molecule has 1 saturated heterocycles. The van der Waals surface area contributed by atoms with Crippen molar-refractivity contribution in [3.8, 4) is 0 Å². The molecule has 0 radical (unpaired) electrons. The number of hydrogen-bond acceptors (Lipinski definition) is 3. The highest BCUT2D eigenvalue weighted by Crippen LogP contribution is 2.21. The SMILES string of the molecule is CC(C)N1CCC(N[C@@H](C)c2cccs2)CC1. The first-order valence-corrected chi connectivity index (χ1v) is 7.58. The van der Waals surface area contributed by atoms with Crippen molar-refractivity contribution < 1.29 is 0 Å². The van der Waals surface area contributed by atoms with Gasteiger partial charge in [0.15, 0.2) is 0 Å². The van der Waals surface area contributed by atoms with E-state index >= 15 is 0 Å². The van der Waals surface area contributed by atoms with Crippen molar-refractivity contribution in [2.75, 3.05) is 13.1 Å². The van der Waals surface area contributed by atoms with Gasteiger partial charge in [0, 0.05) is 23.0 Å². The summed E-state index contributed by atoms with van der Waals surface area (Å²) in [5, 5.41) is 5.93. The van der Waals surface area contributed by atoms with Gasteiger partial charge in [0.05, 0.1) is 0 Å². The summed E-state index contributed by atoms with van der Waals surface area (Å²) in [7, 11) is 0. The Labute approximate surface area is 109 Å². The highest BCUT2D eigenvalue weighted by Gasteiger charge is 2.22. The first-order chi connectivity index (χ1) is 8.16. The summed E-state index contributed by atoms with van der Waals surface area (Å²) in [6.45, 7) is 9.35. The average molecular weight is 252 g/mol. The van der Waals surface area contributed by atoms with Crippen molar-refractivity contribution in [1.82, 2.24) is 10.2 Å². The number of nitrogens with zero attached hydrogens (tertiary/aromatic N) is 1. The zero-order valence-corrected chi connectivity index (χ0v) is 12.0. The van der Waals surface area contributed by atoms with Gasteiger partial charge in [-0.2, -0.15) is 0 Å². The Morgan fingerprint density at radius 2 is 2.00 bits per heavy atom. The molecule has 0 aliphatic carbocycles. The standard InChI is InChI=1S/C14H24N2S/c1-11(2)16-8-6-13(7-9-16)15-12(3)14-5-4-10-17-14/h4-5,10-13,15H,6-9H2,1-3H3/t12-/m0/s1. The summed E-state index contributed by atoms with van der Waals surface area (Å²) >= 11 is 1.85. The zero-order chi connectivity index (χ0) is 12.3. The molecule has 0 aromatic carbocycles. The Kier molecular flexibility index (Phi) is 4.60. The van der Waals surface area contributed by atoms with E-state index in [4.69, 9.17) is 0 Å². The molecule has 1 atom stereocenters. The van der Waals surface area contributed by atoms with Gasteiger partial charge in [-0.25, -0.2) is 0 Å². The van der Waals surface area contributed by atoms with Crippen LogP contribution in [-0.4, -0.2) is 30.1 Å². The van der Waals surface area contributed by atoms with E-state index in [1.165, 1.54) is 30.8 Å². The summed E-state index contributed by atoms with van der Waals surface area (Å²) in [5.74, 6) is 0. The second-order valence-electron chi connectivity index (χ2n) is 5.31. The Morgan fingerprint density at radius 3 is 2.53 bits per heavy atom. The van der Waals surface area contributed by atoms with Gasteiger partial charge in [-0.15, -0.1) is 11.3 Å². The smallest absolute Gasteiger partial charge is 0.0388 e. The van der Waals surface area contributed by atoms with Gasteiger partial charge in [-0.3, -0.25) is 0 Å². The molecule has 0 amide bonds. The average Bonchev–Trinajstić information content (AvgIpc) is 2.83. The molecule has 1 N–H and O–H groups in total. The number of piperidine rings is 1. The molecule has 1 aromatic rings. The maximum absolute atomic E-state index is 3.76. The lowest BCUT2D eigenvalue weighted by Crippen LogP contribution is -2.45. The number of nitrogens with one attached hydrogen (secondary N) is 1. The lowest BCUT2D eigenvalue weighted by molar-refractivity contribution is 0.157. The molecule has 0 unspecified atom stereocenters. The van der Waals surface area contributed by atoms with Crippen LogP contribution in [0.15, 0.2) is 17.5 Å². The normalized spacial score (nSPS) is 20.9. The monoisotopic (exact) mass is 252 g/mol. The predicted octanol–water partition coefficient (Wildman–Crippen LogP) is 3.27. The van der Waals surface area contributed by atoms with Crippen molar-refractivity contribution in [3.05, 3.63) is 22.4 Å². The lowest BCUT2D eigenvalue weighted by Gasteiger charge is -2.36. The van der Waals surface area contributed by atoms with Crippen LogP contribution in [0.3, 0.4) is 0 Å². The van der Waals surface area contributed by atoms with Crippen LogP contribution in [0.2, 0.25) is 0 Å². The van der Waals surface area contributed by atoms with E-state index in [0.717, 1.165) is 0 Å². The third kappa shape index (κ3) is 3.54. The first-order valence-electron chi connectivity index (χ1n) is 6.70. The van der Waals surface area contributed by atoms with Crippen LogP contribution >= 0.6 is 11.3 Å². The molecule has 2 heterocycles. The second kappa shape index (κ2) is 5.98. The maximum atomic E-state index is 3.76. The highest BCUT2D eigenvalue weighted by atomic mass is 32.1. The van der Waals surface area contributed by atoms with Crippen molar-refractivity contribution in [3.63, 3.8) is 0 Å². The van der Waals surface area contributed by atoms with Crippen LogP contribution in [-0.2, 0) is 0 Å². The van der Waals surface area contributed by atoms with E-state index in [1.807, 2.05) is 11.3 Å². The van der Waals surface area contributed by atoms with Gasteiger partial charge in [-0.1, -0.05) is 6.07 Å². The first kappa shape index (κ1) is 13.1. The molecular formula is C14H24N2S. The van der Waals surface area contributed by atoms with E-state index in [0.29, 0.717) is 18.1 Å². The molecule has 96 valence electrons. The van der Waals surface area contributed by atoms with E-state index in [9.17, 15) is 0 Å². The van der Waals surface area contributed by atoms with Gasteiger partial charge in [0.2, 0.25) is 0 Å². The molecule has 2 nitrogen and oxygen atoms in total. The number of hydrogen-bond donors (Lipinski definition) is 1. The third-order valence-electron chi connectivity index (χ3n) is 3.72. The predicted molar refractivity (Wildman–Crippen MR) is 75.6 cm³/mol. The van der Waals surface area contributed by atoms with E-state index < -0.39 is 0 Å². The van der Waals surface area contributed by atoms with Crippen molar-refractivity contribution in [2.45, 2.75) is 51.7 Å². The van der Waals surface area contributed by atoms with Crippen LogP contribution in [0.4, 0.5) is 0 Å². The minimum Gasteiger partial charge on any atom is -0.307 e. The fourth-order valence-electron chi connectivity index (χ4n) is 2.56. The lowest BCUT2D eigenvalue weighted by atomic mass is 10.0. The minimum atomic E-state index is 0.505. The molecular weight excluding hydrogens is 228 g/mol. The number of rotatable bonds is 4. The summed E-state index contributed by atoms with van der Waals surface area (Å²) in [5.41, 5.74) is 0. The van der Waals surface area contributed by atoms with Gasteiger partial charge < -0.3 is 10.2 Å². The van der Waals surface area contributed by atoms with E-state index in [2.05, 4.69) is 48.5 Å². The second-order valence-corrected chi connectivity index (χ2v) is 6.29. The minimum absolute atomic E-state index is 0.505. The Hall–Kier alpha value is -0.380.